The molecule has 3 rings (SSSR count). The lowest BCUT2D eigenvalue weighted by atomic mass is 9.90. The normalized spacial score (nSPS) is 21.9. The highest BCUT2D eigenvalue weighted by Crippen LogP contribution is 2.25. The minimum absolute atomic E-state index is 0.107. The van der Waals surface area contributed by atoms with E-state index in [1.807, 2.05) is 36.4 Å². The summed E-state index contributed by atoms with van der Waals surface area (Å²) in [7, 11) is 0. The second-order valence-electron chi connectivity index (χ2n) is 4.45. The Morgan fingerprint density at radius 2 is 2.11 bits per heavy atom. The molecule has 0 spiro atoms. The van der Waals surface area contributed by atoms with E-state index in [1.54, 1.807) is 0 Å². The maximum absolute atomic E-state index is 11.7. The highest BCUT2D eigenvalue weighted by atomic mass is 16.1. The Labute approximate surface area is 106 Å². The van der Waals surface area contributed by atoms with Crippen molar-refractivity contribution in [1.29, 1.82) is 0 Å². The third-order valence-electron chi connectivity index (χ3n) is 3.21. The summed E-state index contributed by atoms with van der Waals surface area (Å²) in [6.45, 7) is 0.271. The van der Waals surface area contributed by atoms with Crippen LogP contribution in [0.25, 0.3) is 0 Å². The molecular formula is C15H14N2O. The molecule has 18 heavy (non-hydrogen) atoms. The molecule has 0 radical (unpaired) electrons. The molecule has 3 nitrogen and oxygen atoms in total. The smallest absolute Gasteiger partial charge is 0.265 e. The molecule has 1 aliphatic carbocycles. The molecule has 0 saturated carbocycles. The number of amides is 1. The first-order valence-electron chi connectivity index (χ1n) is 6.12. The van der Waals surface area contributed by atoms with Crippen LogP contribution in [0.15, 0.2) is 53.6 Å². The summed E-state index contributed by atoms with van der Waals surface area (Å²) in [6, 6.07) is 7.96. The van der Waals surface area contributed by atoms with Crippen molar-refractivity contribution in [3.8, 4) is 0 Å². The molecule has 1 aromatic carbocycles. The van der Waals surface area contributed by atoms with Gasteiger partial charge in [0, 0.05) is 17.2 Å². The third kappa shape index (κ3) is 1.99. The second kappa shape index (κ2) is 4.61. The van der Waals surface area contributed by atoms with Gasteiger partial charge in [0.25, 0.3) is 5.91 Å². The van der Waals surface area contributed by atoms with Crippen molar-refractivity contribution in [2.24, 2.45) is 10.9 Å². The van der Waals surface area contributed by atoms with Gasteiger partial charge in [0.1, 0.15) is 0 Å². The predicted molar refractivity (Wildman–Crippen MR) is 72.9 cm³/mol. The molecular weight excluding hydrogens is 224 g/mol. The molecule has 1 aromatic rings. The molecule has 1 amide bonds. The second-order valence-corrected chi connectivity index (χ2v) is 4.45. The van der Waals surface area contributed by atoms with Gasteiger partial charge < -0.3 is 5.32 Å². The van der Waals surface area contributed by atoms with Gasteiger partial charge in [0.15, 0.2) is 0 Å². The minimum atomic E-state index is -0.107. The topological polar surface area (TPSA) is 41.5 Å². The minimum Gasteiger partial charge on any atom is -0.376 e. The van der Waals surface area contributed by atoms with Crippen LogP contribution in [-0.4, -0.2) is 18.2 Å². The van der Waals surface area contributed by atoms with Crippen molar-refractivity contribution in [2.45, 2.75) is 6.42 Å². The summed E-state index contributed by atoms with van der Waals surface area (Å²) < 4.78 is 0. The molecule has 1 heterocycles. The Morgan fingerprint density at radius 3 is 2.94 bits per heavy atom. The summed E-state index contributed by atoms with van der Waals surface area (Å²) in [4.78, 5) is 16.0. The van der Waals surface area contributed by atoms with E-state index >= 15 is 0 Å². The standard InChI is InChI=1S/C15H14N2O/c18-14-10-16-13-9-5-4-8-12(13)15(17-14)11-6-2-1-3-7-11/h1-6,8-9,11,16H,7,10H2. The SMILES string of the molecule is O=C1CNc2ccccc2C(C2C=CC=CC2)=N1. The van der Waals surface area contributed by atoms with E-state index in [1.165, 1.54) is 0 Å². The lowest BCUT2D eigenvalue weighted by Crippen LogP contribution is -2.15. The fourth-order valence-electron chi connectivity index (χ4n) is 2.33. The molecule has 0 fully saturated rings. The van der Waals surface area contributed by atoms with E-state index in [-0.39, 0.29) is 18.4 Å². The molecule has 2 aliphatic rings. The zero-order chi connectivity index (χ0) is 12.4. The van der Waals surface area contributed by atoms with Gasteiger partial charge in [0.05, 0.1) is 12.3 Å². The van der Waals surface area contributed by atoms with Crippen LogP contribution in [0.2, 0.25) is 0 Å². The number of nitrogens with zero attached hydrogens (tertiary/aromatic N) is 1. The van der Waals surface area contributed by atoms with Crippen LogP contribution < -0.4 is 5.32 Å². The number of benzene rings is 1. The van der Waals surface area contributed by atoms with E-state index in [4.69, 9.17) is 0 Å². The maximum Gasteiger partial charge on any atom is 0.265 e. The van der Waals surface area contributed by atoms with E-state index < -0.39 is 0 Å². The average Bonchev–Trinajstić information content (AvgIpc) is 2.60. The number of nitrogens with one attached hydrogen (secondary N) is 1. The highest BCUT2D eigenvalue weighted by molar-refractivity contribution is 6.13. The number of allylic oxidation sites excluding steroid dienone is 4. The lowest BCUT2D eigenvalue weighted by molar-refractivity contribution is -0.116. The first-order valence-corrected chi connectivity index (χ1v) is 6.12. The maximum atomic E-state index is 11.7. The molecule has 0 saturated heterocycles. The number of carbonyl (C=O) groups is 1. The van der Waals surface area contributed by atoms with Gasteiger partial charge in [-0.1, -0.05) is 42.5 Å². The van der Waals surface area contributed by atoms with E-state index in [9.17, 15) is 4.79 Å². The van der Waals surface area contributed by atoms with Crippen molar-refractivity contribution in [2.75, 3.05) is 11.9 Å². The van der Waals surface area contributed by atoms with Crippen molar-refractivity contribution in [3.63, 3.8) is 0 Å². The van der Waals surface area contributed by atoms with Gasteiger partial charge >= 0.3 is 0 Å². The number of rotatable bonds is 1. The van der Waals surface area contributed by atoms with Gasteiger partial charge in [-0.2, -0.15) is 0 Å². The molecule has 1 atom stereocenters. The van der Waals surface area contributed by atoms with Crippen molar-refractivity contribution >= 4 is 17.3 Å². The molecule has 1 unspecified atom stereocenters. The Bertz CT molecular complexity index is 570. The Hall–Kier alpha value is -2.16. The summed E-state index contributed by atoms with van der Waals surface area (Å²) >= 11 is 0. The molecule has 1 aliphatic heterocycles. The van der Waals surface area contributed by atoms with E-state index in [0.717, 1.165) is 23.4 Å². The van der Waals surface area contributed by atoms with Crippen LogP contribution in [0, 0.1) is 5.92 Å². The number of aliphatic imine (C=N–C) groups is 1. The number of hydrogen-bond donors (Lipinski definition) is 1. The number of benzodiazepines with no additional fused rings is 1. The summed E-state index contributed by atoms with van der Waals surface area (Å²) in [5.74, 6) is 0.0872. The average molecular weight is 238 g/mol. The Kier molecular flexibility index (Phi) is 2.81. The summed E-state index contributed by atoms with van der Waals surface area (Å²) in [6.07, 6.45) is 9.16. The van der Waals surface area contributed by atoms with Crippen molar-refractivity contribution < 1.29 is 4.79 Å². The largest absolute Gasteiger partial charge is 0.376 e. The zero-order valence-electron chi connectivity index (χ0n) is 9.97. The molecule has 1 N–H and O–H groups in total. The van der Waals surface area contributed by atoms with Crippen molar-refractivity contribution in [3.05, 3.63) is 54.1 Å². The van der Waals surface area contributed by atoms with Gasteiger partial charge in [-0.05, 0) is 12.5 Å². The lowest BCUT2D eigenvalue weighted by Gasteiger charge is -2.17. The van der Waals surface area contributed by atoms with Crippen LogP contribution in [0.4, 0.5) is 5.69 Å². The Balaban J connectivity index is 2.07. The zero-order valence-corrected chi connectivity index (χ0v) is 9.97. The summed E-state index contributed by atoms with van der Waals surface area (Å²) in [5.41, 5.74) is 2.90. The van der Waals surface area contributed by atoms with Crippen LogP contribution in [0.3, 0.4) is 0 Å². The van der Waals surface area contributed by atoms with Gasteiger partial charge in [-0.25, -0.2) is 4.99 Å². The monoisotopic (exact) mass is 238 g/mol. The molecule has 90 valence electrons. The first kappa shape index (κ1) is 11.0. The number of hydrogen-bond acceptors (Lipinski definition) is 2. The number of carbonyl (C=O) groups excluding carboxylic acids is 1. The third-order valence-corrected chi connectivity index (χ3v) is 3.21. The quantitative estimate of drug-likeness (QED) is 0.817. The number of fused-ring (bicyclic) bond motifs is 1. The number of para-hydroxylation sites is 1. The fourth-order valence-corrected chi connectivity index (χ4v) is 2.33. The van der Waals surface area contributed by atoms with Gasteiger partial charge in [-0.15, -0.1) is 0 Å². The predicted octanol–water partition coefficient (Wildman–Crippen LogP) is 2.56. The van der Waals surface area contributed by atoms with Crippen LogP contribution in [0.1, 0.15) is 12.0 Å². The molecule has 3 heteroatoms. The fraction of sp³-hybridized carbons (Fsp3) is 0.200. The van der Waals surface area contributed by atoms with Crippen LogP contribution in [0.5, 0.6) is 0 Å². The van der Waals surface area contributed by atoms with Crippen LogP contribution >= 0.6 is 0 Å². The van der Waals surface area contributed by atoms with E-state index in [0.29, 0.717) is 0 Å². The molecule has 0 aromatic heterocycles. The van der Waals surface area contributed by atoms with Crippen LogP contribution in [-0.2, 0) is 4.79 Å². The van der Waals surface area contributed by atoms with Gasteiger partial charge in [-0.3, -0.25) is 4.79 Å². The van der Waals surface area contributed by atoms with E-state index in [2.05, 4.69) is 22.5 Å². The molecule has 0 bridgehead atoms. The summed E-state index contributed by atoms with van der Waals surface area (Å²) in [5, 5.41) is 3.14. The van der Waals surface area contributed by atoms with Gasteiger partial charge in [0.2, 0.25) is 0 Å². The highest BCUT2D eigenvalue weighted by Gasteiger charge is 2.21. The van der Waals surface area contributed by atoms with Crippen molar-refractivity contribution in [1.82, 2.24) is 0 Å². The first-order chi connectivity index (χ1) is 8.84. The number of anilines is 1. The Morgan fingerprint density at radius 1 is 1.22 bits per heavy atom.